The zero-order valence-corrected chi connectivity index (χ0v) is 47.1. The predicted octanol–water partition coefficient (Wildman–Crippen LogP) is 24.0. The summed E-state index contributed by atoms with van der Waals surface area (Å²) in [5.74, 6) is 0. The number of aromatic nitrogens is 1. The molecule has 14 aromatic carbocycles. The summed E-state index contributed by atoms with van der Waals surface area (Å²) in [6, 6.07) is 94.9. The highest BCUT2D eigenvalue weighted by atomic mass is 79.9. The van der Waals surface area contributed by atoms with E-state index in [4.69, 9.17) is 0 Å². The van der Waals surface area contributed by atoms with E-state index in [1.165, 1.54) is 155 Å². The summed E-state index contributed by atoms with van der Waals surface area (Å²) in [6.45, 7) is 0. The van der Waals surface area contributed by atoms with Crippen LogP contribution in [-0.2, 0) is 6.42 Å². The average molecular weight is 1150 g/mol. The molecular formula is C78H52BrNS2. The Morgan fingerprint density at radius 3 is 1.30 bits per heavy atom. The second-order valence-electron chi connectivity index (χ2n) is 21.1. The van der Waals surface area contributed by atoms with Gasteiger partial charge in [0, 0.05) is 57.4 Å². The van der Waals surface area contributed by atoms with Gasteiger partial charge in [0.15, 0.2) is 0 Å². The number of halogens is 1. The van der Waals surface area contributed by atoms with Gasteiger partial charge >= 0.3 is 0 Å². The number of hydrogen-bond donors (Lipinski definition) is 0. The quantitative estimate of drug-likeness (QED) is 0.155. The molecule has 0 radical (unpaired) electrons. The topological polar surface area (TPSA) is 4.93 Å². The van der Waals surface area contributed by atoms with Crippen LogP contribution in [0.3, 0.4) is 0 Å². The van der Waals surface area contributed by atoms with Gasteiger partial charge in [-0.1, -0.05) is 242 Å². The molecule has 0 saturated heterocycles. The Morgan fingerprint density at radius 2 is 0.756 bits per heavy atom. The van der Waals surface area contributed by atoms with E-state index in [1.807, 2.05) is 22.7 Å². The van der Waals surface area contributed by atoms with Crippen LogP contribution in [-0.4, -0.2) is 4.57 Å². The van der Waals surface area contributed by atoms with Crippen molar-refractivity contribution < 1.29 is 0 Å². The SMILES string of the molecule is Brc1cccc(-c2ccc3c4ccccc4c4ccccc4c3c2)c1.C.C1=Cc2ccc3c(sc4ccccc43)c2C1.c1cc(-c2ccc3c4ccccc4c4ccccc4c3c2)cc(-n2ccc3ccc4c5ccccc5sc4c32)c1. The first-order valence-electron chi connectivity index (χ1n) is 27.6. The number of allylic oxidation sites excluding steroid dienone is 1. The third kappa shape index (κ3) is 8.32. The molecule has 3 heterocycles. The lowest BCUT2D eigenvalue weighted by molar-refractivity contribution is 1.14. The molecule has 4 heteroatoms. The molecule has 0 fully saturated rings. The summed E-state index contributed by atoms with van der Waals surface area (Å²) in [5.41, 5.74) is 10.3. The number of benzene rings is 14. The van der Waals surface area contributed by atoms with Crippen LogP contribution in [0.5, 0.6) is 0 Å². The smallest absolute Gasteiger partial charge is 0.0707 e. The first kappa shape index (κ1) is 49.8. The number of nitrogens with zero attached hydrogens (tertiary/aromatic N) is 1. The van der Waals surface area contributed by atoms with Crippen molar-refractivity contribution in [3.05, 3.63) is 289 Å². The van der Waals surface area contributed by atoms with E-state index in [-0.39, 0.29) is 7.43 Å². The van der Waals surface area contributed by atoms with Crippen molar-refractivity contribution in [3.63, 3.8) is 0 Å². The van der Waals surface area contributed by atoms with Crippen molar-refractivity contribution in [1.29, 1.82) is 0 Å². The fourth-order valence-electron chi connectivity index (χ4n) is 12.8. The summed E-state index contributed by atoms with van der Waals surface area (Å²) < 4.78 is 9.02. The predicted molar refractivity (Wildman–Crippen MR) is 365 cm³/mol. The molecule has 18 rings (SSSR count). The molecule has 0 N–H and O–H groups in total. The highest BCUT2D eigenvalue weighted by Gasteiger charge is 2.17. The standard InChI is InChI=1S/C38H23NS.C24H15Br.C15H10S.CH4/c1-2-12-30-28(10-1)29-11-3-4-13-31(29)35-23-26(17-18-32(30)35)25-8-7-9-27(22-25)39-21-20-24-16-19-34-33-14-5-6-15-36(33)40-38(34)37(24)39;25-18-7-5-6-16(14-18)17-12-13-23-21-10-2-1-8-19(21)20-9-3-4-11-22(20)24(23)15-17;1-2-7-14-12(5-1)13-9-8-10-4-3-6-11(10)15(13)16-14;/h1-23H;1-15H;1-5,7-9H,6H2;1H4. The Kier molecular flexibility index (Phi) is 12.4. The normalized spacial score (nSPS) is 12.0. The highest BCUT2D eigenvalue weighted by Crippen LogP contribution is 2.43. The fourth-order valence-corrected chi connectivity index (χ4v) is 15.7. The second-order valence-corrected chi connectivity index (χ2v) is 24.2. The van der Waals surface area contributed by atoms with Gasteiger partial charge in [0.05, 0.1) is 10.2 Å². The van der Waals surface area contributed by atoms with Crippen LogP contribution in [0.2, 0.25) is 0 Å². The average Bonchev–Trinajstić information content (AvgIpc) is 4.05. The Balaban J connectivity index is 0.000000116. The molecule has 1 aliphatic carbocycles. The fraction of sp³-hybridized carbons (Fsp3) is 0.0256. The van der Waals surface area contributed by atoms with Gasteiger partial charge in [-0.05, 0) is 159 Å². The van der Waals surface area contributed by atoms with Crippen LogP contribution >= 0.6 is 38.6 Å². The Bertz CT molecular complexity index is 5350. The van der Waals surface area contributed by atoms with E-state index < -0.39 is 0 Å². The Hall–Kier alpha value is -9.16. The molecule has 1 aliphatic rings. The zero-order chi connectivity index (χ0) is 53.5. The summed E-state index contributed by atoms with van der Waals surface area (Å²) >= 11 is 7.40. The third-order valence-corrected chi connectivity index (χ3v) is 19.5. The van der Waals surface area contributed by atoms with Crippen molar-refractivity contribution in [2.45, 2.75) is 13.8 Å². The lowest BCUT2D eigenvalue weighted by Crippen LogP contribution is -1.92. The van der Waals surface area contributed by atoms with Gasteiger partial charge in [0.1, 0.15) is 0 Å². The monoisotopic (exact) mass is 1150 g/mol. The molecule has 0 unspecified atom stereocenters. The molecule has 1 nitrogen and oxygen atoms in total. The van der Waals surface area contributed by atoms with Crippen LogP contribution in [0.25, 0.3) is 150 Å². The Morgan fingerprint density at radius 1 is 0.329 bits per heavy atom. The van der Waals surface area contributed by atoms with E-state index in [0.29, 0.717) is 0 Å². The van der Waals surface area contributed by atoms with E-state index in [1.54, 1.807) is 0 Å². The van der Waals surface area contributed by atoms with Gasteiger partial charge in [-0.3, -0.25) is 0 Å². The molecule has 17 aromatic rings. The van der Waals surface area contributed by atoms with Crippen LogP contribution in [0, 0.1) is 0 Å². The van der Waals surface area contributed by atoms with Crippen molar-refractivity contribution in [2.24, 2.45) is 0 Å². The first-order chi connectivity index (χ1) is 40.1. The largest absolute Gasteiger partial charge is 0.315 e. The molecule has 0 bridgehead atoms. The summed E-state index contributed by atoms with van der Waals surface area (Å²) in [5, 5.41) is 22.5. The van der Waals surface area contributed by atoms with Crippen LogP contribution in [0.1, 0.15) is 18.6 Å². The minimum absolute atomic E-state index is 0. The molecule has 0 saturated carbocycles. The Labute approximate surface area is 492 Å². The lowest BCUT2D eigenvalue weighted by atomic mass is 9.92. The summed E-state index contributed by atoms with van der Waals surface area (Å²) in [6.07, 6.45) is 7.81. The van der Waals surface area contributed by atoms with Crippen LogP contribution in [0.15, 0.2) is 278 Å². The summed E-state index contributed by atoms with van der Waals surface area (Å²) in [7, 11) is 0. The highest BCUT2D eigenvalue weighted by molar-refractivity contribution is 9.10. The zero-order valence-electron chi connectivity index (χ0n) is 43.9. The molecule has 82 heavy (non-hydrogen) atoms. The van der Waals surface area contributed by atoms with E-state index in [0.717, 1.165) is 10.9 Å². The van der Waals surface area contributed by atoms with E-state index in [2.05, 4.69) is 300 Å². The van der Waals surface area contributed by atoms with Crippen molar-refractivity contribution in [2.75, 3.05) is 0 Å². The maximum Gasteiger partial charge on any atom is 0.0707 e. The van der Waals surface area contributed by atoms with Crippen molar-refractivity contribution in [3.8, 4) is 27.9 Å². The van der Waals surface area contributed by atoms with Gasteiger partial charge < -0.3 is 4.57 Å². The molecule has 0 amide bonds. The number of rotatable bonds is 3. The molecule has 0 aliphatic heterocycles. The second kappa shape index (κ2) is 20.4. The lowest BCUT2D eigenvalue weighted by Gasteiger charge is -2.13. The molecule has 388 valence electrons. The minimum atomic E-state index is 0. The van der Waals surface area contributed by atoms with Gasteiger partial charge in [-0.25, -0.2) is 0 Å². The number of thiophene rings is 2. The van der Waals surface area contributed by atoms with Crippen molar-refractivity contribution >= 4 is 161 Å². The van der Waals surface area contributed by atoms with Crippen LogP contribution in [0.4, 0.5) is 0 Å². The number of fused-ring (bicyclic) bond motifs is 22. The van der Waals surface area contributed by atoms with Crippen molar-refractivity contribution in [1.82, 2.24) is 4.57 Å². The van der Waals surface area contributed by atoms with E-state index >= 15 is 0 Å². The third-order valence-electron chi connectivity index (χ3n) is 16.6. The van der Waals surface area contributed by atoms with E-state index in [9.17, 15) is 0 Å². The maximum absolute atomic E-state index is 3.58. The van der Waals surface area contributed by atoms with Gasteiger partial charge in [-0.15, -0.1) is 22.7 Å². The van der Waals surface area contributed by atoms with Gasteiger partial charge in [0.2, 0.25) is 0 Å². The molecule has 0 atom stereocenters. The summed E-state index contributed by atoms with van der Waals surface area (Å²) in [4.78, 5) is 0. The van der Waals surface area contributed by atoms with Gasteiger partial charge in [-0.2, -0.15) is 0 Å². The molecular weight excluding hydrogens is 1090 g/mol. The maximum atomic E-state index is 3.58. The molecule has 3 aromatic heterocycles. The van der Waals surface area contributed by atoms with Crippen LogP contribution < -0.4 is 0 Å². The first-order valence-corrected chi connectivity index (χ1v) is 30.0. The molecule has 0 spiro atoms. The minimum Gasteiger partial charge on any atom is -0.315 e. The number of hydrogen-bond acceptors (Lipinski definition) is 2. The van der Waals surface area contributed by atoms with Gasteiger partial charge in [0.25, 0.3) is 0 Å².